The number of aromatic nitrogens is 3. The third kappa shape index (κ3) is 6.34. The van der Waals surface area contributed by atoms with Gasteiger partial charge in [-0.1, -0.05) is 13.3 Å². The molecular formula is C21H33N7O3S. The standard InChI is InChI=1S/C21H33N7O3S/c1-5-6-7-29-14-28-10-15(18-19(28)20(26-27-22)25-13-24-18)8-23-9-16(12-32-4)17-11-30-21(2,3)31-17/h10,13,16-17,23H,5-9,11-12,14H2,1-4H3/t16-,17+/m1/s1. The highest BCUT2D eigenvalue weighted by atomic mass is 32.2. The zero-order valence-corrected chi connectivity index (χ0v) is 20.1. The lowest BCUT2D eigenvalue weighted by Gasteiger charge is -2.24. The Labute approximate surface area is 193 Å². The zero-order valence-electron chi connectivity index (χ0n) is 19.3. The van der Waals surface area contributed by atoms with Crippen molar-refractivity contribution in [3.8, 4) is 0 Å². The number of ether oxygens (including phenoxy) is 3. The quantitative estimate of drug-likeness (QED) is 0.203. The molecule has 0 radical (unpaired) electrons. The highest BCUT2D eigenvalue weighted by Crippen LogP contribution is 2.29. The number of nitrogens with zero attached hydrogens (tertiary/aromatic N) is 6. The van der Waals surface area contributed by atoms with Crippen molar-refractivity contribution in [3.63, 3.8) is 0 Å². The summed E-state index contributed by atoms with van der Waals surface area (Å²) in [4.78, 5) is 11.5. The van der Waals surface area contributed by atoms with Gasteiger partial charge in [0.15, 0.2) is 11.6 Å². The van der Waals surface area contributed by atoms with Gasteiger partial charge in [-0.3, -0.25) is 0 Å². The molecule has 0 spiro atoms. The first kappa shape index (κ1) is 24.8. The van der Waals surface area contributed by atoms with Crippen LogP contribution in [0.4, 0.5) is 5.82 Å². The average Bonchev–Trinajstić information content (AvgIpc) is 3.31. The van der Waals surface area contributed by atoms with Crippen molar-refractivity contribution in [2.45, 2.75) is 58.8 Å². The Morgan fingerprint density at radius 1 is 1.47 bits per heavy atom. The fraction of sp³-hybridized carbons (Fsp3) is 0.714. The summed E-state index contributed by atoms with van der Waals surface area (Å²) in [6.07, 6.45) is 7.66. The Morgan fingerprint density at radius 2 is 2.31 bits per heavy atom. The van der Waals surface area contributed by atoms with Gasteiger partial charge in [0.25, 0.3) is 0 Å². The van der Waals surface area contributed by atoms with E-state index in [1.807, 2.05) is 24.6 Å². The van der Waals surface area contributed by atoms with E-state index in [9.17, 15) is 0 Å². The molecule has 0 bridgehead atoms. The number of nitrogens with one attached hydrogen (secondary N) is 1. The molecular weight excluding hydrogens is 430 g/mol. The van der Waals surface area contributed by atoms with E-state index in [0.717, 1.165) is 36.2 Å². The second kappa shape index (κ2) is 11.8. The van der Waals surface area contributed by atoms with E-state index in [2.05, 4.69) is 38.5 Å². The molecule has 0 saturated carbocycles. The highest BCUT2D eigenvalue weighted by Gasteiger charge is 2.37. The summed E-state index contributed by atoms with van der Waals surface area (Å²) in [5.41, 5.74) is 11.4. The van der Waals surface area contributed by atoms with Crippen LogP contribution in [0.2, 0.25) is 0 Å². The maximum atomic E-state index is 8.94. The maximum Gasteiger partial charge on any atom is 0.163 e. The molecule has 1 fully saturated rings. The van der Waals surface area contributed by atoms with Crippen LogP contribution in [0.1, 0.15) is 39.2 Å². The van der Waals surface area contributed by atoms with Crippen molar-refractivity contribution < 1.29 is 14.2 Å². The highest BCUT2D eigenvalue weighted by molar-refractivity contribution is 7.98. The summed E-state index contributed by atoms with van der Waals surface area (Å²) in [6.45, 7) is 9.08. The predicted molar refractivity (Wildman–Crippen MR) is 126 cm³/mol. The summed E-state index contributed by atoms with van der Waals surface area (Å²) in [5, 5.41) is 7.31. The average molecular weight is 464 g/mol. The molecule has 32 heavy (non-hydrogen) atoms. The molecule has 176 valence electrons. The minimum absolute atomic E-state index is 0.0668. The first-order valence-electron chi connectivity index (χ1n) is 11.0. The van der Waals surface area contributed by atoms with Gasteiger partial charge in [0.2, 0.25) is 0 Å². The number of rotatable bonds is 13. The molecule has 2 aromatic heterocycles. The van der Waals surface area contributed by atoms with Gasteiger partial charge in [-0.15, -0.1) is 0 Å². The van der Waals surface area contributed by atoms with E-state index in [1.165, 1.54) is 6.33 Å². The Bertz CT molecular complexity index is 929. The summed E-state index contributed by atoms with van der Waals surface area (Å²) in [6, 6.07) is 0. The van der Waals surface area contributed by atoms with E-state index in [0.29, 0.717) is 43.7 Å². The van der Waals surface area contributed by atoms with Gasteiger partial charge in [-0.2, -0.15) is 11.8 Å². The minimum Gasteiger partial charge on any atom is -0.361 e. The van der Waals surface area contributed by atoms with Crippen LogP contribution in [0.5, 0.6) is 0 Å². The number of azide groups is 1. The molecule has 1 N–H and O–H groups in total. The van der Waals surface area contributed by atoms with Gasteiger partial charge in [-0.25, -0.2) is 9.97 Å². The maximum absolute atomic E-state index is 8.94. The number of unbranched alkanes of at least 4 members (excludes halogenated alkanes) is 1. The Morgan fingerprint density at radius 3 is 3.00 bits per heavy atom. The number of hydrogen-bond donors (Lipinski definition) is 1. The van der Waals surface area contributed by atoms with E-state index in [-0.39, 0.29) is 6.10 Å². The molecule has 1 aliphatic heterocycles. The fourth-order valence-corrected chi connectivity index (χ4v) is 4.55. The van der Waals surface area contributed by atoms with Gasteiger partial charge in [-0.05, 0) is 42.9 Å². The molecule has 1 aliphatic rings. The van der Waals surface area contributed by atoms with Crippen LogP contribution in [0, 0.1) is 5.92 Å². The third-order valence-corrected chi connectivity index (χ3v) is 6.14. The SMILES string of the molecule is CCCCOCn1cc(CNC[C@H](CSC)[C@@H]2COC(C)(C)O2)c2ncnc(N=[N+]=[N-])c21. The normalized spacial score (nSPS) is 18.7. The van der Waals surface area contributed by atoms with Crippen LogP contribution in [0.15, 0.2) is 17.6 Å². The molecule has 3 rings (SSSR count). The Balaban J connectivity index is 1.73. The Hall–Kier alpha value is -1.88. The van der Waals surface area contributed by atoms with Crippen LogP contribution in [-0.4, -0.2) is 58.2 Å². The lowest BCUT2D eigenvalue weighted by Crippen LogP contribution is -2.35. The summed E-state index contributed by atoms with van der Waals surface area (Å²) in [5.74, 6) is 1.08. The summed E-state index contributed by atoms with van der Waals surface area (Å²) in [7, 11) is 0. The molecule has 11 heteroatoms. The van der Waals surface area contributed by atoms with Gasteiger partial charge < -0.3 is 24.1 Å². The lowest BCUT2D eigenvalue weighted by molar-refractivity contribution is -0.143. The van der Waals surface area contributed by atoms with Crippen molar-refractivity contribution in [3.05, 3.63) is 28.5 Å². The van der Waals surface area contributed by atoms with Gasteiger partial charge >= 0.3 is 0 Å². The molecule has 2 aromatic rings. The van der Waals surface area contributed by atoms with Gasteiger partial charge in [0, 0.05) is 42.3 Å². The van der Waals surface area contributed by atoms with Crippen molar-refractivity contribution in [1.29, 1.82) is 0 Å². The lowest BCUT2D eigenvalue weighted by atomic mass is 10.1. The molecule has 0 amide bonds. The predicted octanol–water partition coefficient (Wildman–Crippen LogP) is 4.37. The van der Waals surface area contributed by atoms with Crippen LogP contribution in [0.25, 0.3) is 21.5 Å². The smallest absolute Gasteiger partial charge is 0.163 e. The molecule has 0 unspecified atom stereocenters. The monoisotopic (exact) mass is 463 g/mol. The van der Waals surface area contributed by atoms with Crippen molar-refractivity contribution >= 4 is 28.6 Å². The minimum atomic E-state index is -0.527. The van der Waals surface area contributed by atoms with Crippen molar-refractivity contribution in [1.82, 2.24) is 19.9 Å². The van der Waals surface area contributed by atoms with Crippen LogP contribution < -0.4 is 5.32 Å². The van der Waals surface area contributed by atoms with Crippen LogP contribution in [0.3, 0.4) is 0 Å². The largest absolute Gasteiger partial charge is 0.361 e. The summed E-state index contributed by atoms with van der Waals surface area (Å²) < 4.78 is 19.6. The van der Waals surface area contributed by atoms with Crippen molar-refractivity contribution in [2.24, 2.45) is 11.0 Å². The van der Waals surface area contributed by atoms with E-state index >= 15 is 0 Å². The molecule has 0 aliphatic carbocycles. The molecule has 3 heterocycles. The molecule has 0 aromatic carbocycles. The zero-order chi connectivity index (χ0) is 23.0. The third-order valence-electron chi connectivity index (χ3n) is 5.38. The Kier molecular flexibility index (Phi) is 9.15. The van der Waals surface area contributed by atoms with E-state index < -0.39 is 5.79 Å². The van der Waals surface area contributed by atoms with Crippen molar-refractivity contribution in [2.75, 3.05) is 31.8 Å². The first-order chi connectivity index (χ1) is 15.5. The number of fused-ring (bicyclic) bond motifs is 1. The van der Waals surface area contributed by atoms with Crippen LogP contribution in [-0.2, 0) is 27.5 Å². The van der Waals surface area contributed by atoms with E-state index in [4.69, 9.17) is 19.7 Å². The fourth-order valence-electron chi connectivity index (χ4n) is 3.79. The number of thioether (sulfide) groups is 1. The molecule has 1 saturated heterocycles. The second-order valence-electron chi connectivity index (χ2n) is 8.31. The topological polar surface area (TPSA) is 119 Å². The van der Waals surface area contributed by atoms with Gasteiger partial charge in [0.1, 0.15) is 13.1 Å². The second-order valence-corrected chi connectivity index (χ2v) is 9.22. The number of hydrogen-bond acceptors (Lipinski definition) is 8. The molecule has 10 nitrogen and oxygen atoms in total. The summed E-state index contributed by atoms with van der Waals surface area (Å²) >= 11 is 1.81. The van der Waals surface area contributed by atoms with E-state index in [1.54, 1.807) is 11.8 Å². The first-order valence-corrected chi connectivity index (χ1v) is 12.4. The van der Waals surface area contributed by atoms with Gasteiger partial charge in [0.05, 0.1) is 23.7 Å². The molecule has 2 atom stereocenters. The van der Waals surface area contributed by atoms with Crippen LogP contribution >= 0.6 is 11.8 Å².